The van der Waals surface area contributed by atoms with Crippen LogP contribution in [0.4, 0.5) is 0 Å². The van der Waals surface area contributed by atoms with E-state index in [1.54, 1.807) is 0 Å². The molecule has 55 heavy (non-hydrogen) atoms. The number of guanidine groups is 1. The number of aliphatic hydroxyl groups is 2. The summed E-state index contributed by atoms with van der Waals surface area (Å²) in [6.45, 7) is 5.05. The van der Waals surface area contributed by atoms with Gasteiger partial charge in [-0.05, 0) is 99.4 Å². The van der Waals surface area contributed by atoms with Crippen LogP contribution >= 0.6 is 0 Å². The van der Waals surface area contributed by atoms with Crippen molar-refractivity contribution < 1.29 is 44.0 Å². The number of hydrogen-bond donors (Lipinski definition) is 6. The molecule has 13 heteroatoms. The van der Waals surface area contributed by atoms with Crippen LogP contribution in [0.3, 0.4) is 0 Å². The molecule has 4 fully saturated rings. The van der Waals surface area contributed by atoms with Crippen LogP contribution in [0.25, 0.3) is 0 Å². The van der Waals surface area contributed by atoms with E-state index in [9.17, 15) is 34.5 Å². The molecule has 1 heterocycles. The molecular weight excluding hydrogens is 704 g/mol. The normalized spacial score (nSPS) is 34.3. The van der Waals surface area contributed by atoms with Crippen molar-refractivity contribution >= 4 is 29.8 Å². The molecule has 1 amide bonds. The highest BCUT2D eigenvalue weighted by atomic mass is 16.5. The first kappa shape index (κ1) is 42.9. The number of aliphatic carboxylic acids is 1. The summed E-state index contributed by atoms with van der Waals surface area (Å²) in [5, 5.41) is 35.7. The summed E-state index contributed by atoms with van der Waals surface area (Å²) in [6, 6.07) is -0.936. The van der Waals surface area contributed by atoms with Gasteiger partial charge in [0.15, 0.2) is 5.96 Å². The van der Waals surface area contributed by atoms with Gasteiger partial charge in [0.05, 0.1) is 11.7 Å². The summed E-state index contributed by atoms with van der Waals surface area (Å²) in [6.07, 6.45) is 17.9. The Bertz CT molecular complexity index is 1430. The molecule has 0 aromatic rings. The zero-order chi connectivity index (χ0) is 39.8. The topological polar surface area (TPSA) is 224 Å². The molecule has 0 bridgehead atoms. The number of carboxylic acid groups (broad SMARTS) is 1. The lowest BCUT2D eigenvalue weighted by Gasteiger charge is -2.63. The predicted octanol–water partition coefficient (Wildman–Crippen LogP) is 5.04. The first-order chi connectivity index (χ1) is 26.2. The first-order valence-corrected chi connectivity index (χ1v) is 21.2. The zero-order valence-electron chi connectivity index (χ0n) is 33.3. The number of nitrogens with one attached hydrogen (secondary N) is 1. The first-order valence-electron chi connectivity index (χ1n) is 21.2. The maximum Gasteiger partial charge on any atom is 0.331 e. The number of nitrogens with two attached hydrogens (primary N) is 2. The highest BCUT2D eigenvalue weighted by Crippen LogP contribution is 2.70. The lowest BCUT2D eigenvalue weighted by atomic mass is 9.43. The van der Waals surface area contributed by atoms with E-state index in [-0.39, 0.29) is 60.2 Å². The lowest BCUT2D eigenvalue weighted by Crippen LogP contribution is -2.62. The van der Waals surface area contributed by atoms with Gasteiger partial charge in [0.25, 0.3) is 0 Å². The van der Waals surface area contributed by atoms with Crippen LogP contribution in [0.1, 0.15) is 149 Å². The van der Waals surface area contributed by atoms with E-state index in [2.05, 4.69) is 24.2 Å². The van der Waals surface area contributed by atoms with Gasteiger partial charge in [-0.3, -0.25) is 14.6 Å². The Kier molecular flexibility index (Phi) is 14.7. The van der Waals surface area contributed by atoms with E-state index in [0.717, 1.165) is 108 Å². The van der Waals surface area contributed by atoms with E-state index in [0.29, 0.717) is 44.1 Å². The molecule has 0 radical (unpaired) electrons. The molecule has 310 valence electrons. The molecule has 0 aromatic heterocycles. The number of nitrogens with zero attached hydrogens (tertiary/aromatic N) is 1. The van der Waals surface area contributed by atoms with Crippen molar-refractivity contribution in [2.45, 2.75) is 173 Å². The summed E-state index contributed by atoms with van der Waals surface area (Å²) in [5.41, 5.74) is 9.96. The summed E-state index contributed by atoms with van der Waals surface area (Å²) in [4.78, 5) is 52.2. The number of unbranched alkanes of at least 4 members (excludes halogenated alkanes) is 8. The highest BCUT2D eigenvalue weighted by molar-refractivity contribution is 5.85. The largest absolute Gasteiger partial charge is 0.480 e. The molecule has 0 spiro atoms. The molecule has 8 N–H and O–H groups in total. The fraction of sp³-hybridized carbons (Fsp3) is 0.833. The number of fused-ring (bicyclic) bond motifs is 5. The van der Waals surface area contributed by atoms with Gasteiger partial charge in [0, 0.05) is 43.2 Å². The molecule has 13 nitrogen and oxygen atoms in total. The average molecular weight is 773 g/mol. The summed E-state index contributed by atoms with van der Waals surface area (Å²) < 4.78 is 11.3. The maximum absolute atomic E-state index is 12.8. The average Bonchev–Trinajstić information content (AvgIpc) is 3.63. The number of aliphatic hydroxyl groups excluding tert-OH is 1. The van der Waals surface area contributed by atoms with Gasteiger partial charge in [-0.2, -0.15) is 0 Å². The number of carbonyl (C=O) groups excluding carboxylic acids is 3. The Labute approximate surface area is 326 Å². The third kappa shape index (κ3) is 10.0. The molecule has 0 saturated heterocycles. The Morgan fingerprint density at radius 2 is 1.62 bits per heavy atom. The Balaban J connectivity index is 0.924. The molecule has 1 aliphatic heterocycles. The third-order valence-electron chi connectivity index (χ3n) is 14.6. The van der Waals surface area contributed by atoms with E-state index in [1.807, 2.05) is 0 Å². The smallest absolute Gasteiger partial charge is 0.331 e. The maximum atomic E-state index is 12.8. The van der Waals surface area contributed by atoms with Crippen molar-refractivity contribution in [2.24, 2.45) is 51.0 Å². The molecule has 0 aromatic carbocycles. The number of esters is 2. The number of rotatable bonds is 20. The van der Waals surface area contributed by atoms with Crippen molar-refractivity contribution in [3.05, 3.63) is 11.6 Å². The van der Waals surface area contributed by atoms with E-state index >= 15 is 0 Å². The van der Waals surface area contributed by atoms with Crippen LogP contribution in [-0.2, 0) is 28.7 Å². The summed E-state index contributed by atoms with van der Waals surface area (Å²) >= 11 is 0. The second-order valence-corrected chi connectivity index (χ2v) is 17.9. The van der Waals surface area contributed by atoms with E-state index < -0.39 is 29.1 Å². The van der Waals surface area contributed by atoms with Crippen molar-refractivity contribution in [1.29, 1.82) is 0 Å². The Morgan fingerprint density at radius 3 is 2.25 bits per heavy atom. The van der Waals surface area contributed by atoms with Crippen LogP contribution in [0.15, 0.2) is 16.6 Å². The number of amides is 1. The molecular formula is C42H68N4O9. The fourth-order valence-corrected chi connectivity index (χ4v) is 11.6. The fourth-order valence-electron chi connectivity index (χ4n) is 11.6. The van der Waals surface area contributed by atoms with Crippen LogP contribution in [-0.4, -0.2) is 82.1 Å². The van der Waals surface area contributed by atoms with E-state index in [4.69, 9.17) is 20.9 Å². The van der Waals surface area contributed by atoms with Crippen LogP contribution in [0.5, 0.6) is 0 Å². The minimum absolute atomic E-state index is 0.0378. The quantitative estimate of drug-likeness (QED) is 0.0416. The number of cyclic esters (lactones) is 1. The second-order valence-electron chi connectivity index (χ2n) is 17.9. The van der Waals surface area contributed by atoms with Crippen molar-refractivity contribution in [1.82, 2.24) is 5.32 Å². The molecule has 5 rings (SSSR count). The highest BCUT2D eigenvalue weighted by Gasteiger charge is 2.70. The van der Waals surface area contributed by atoms with Crippen molar-refractivity contribution in [2.75, 3.05) is 13.2 Å². The van der Waals surface area contributed by atoms with Crippen LogP contribution in [0, 0.1) is 34.5 Å². The third-order valence-corrected chi connectivity index (χ3v) is 14.6. The summed E-state index contributed by atoms with van der Waals surface area (Å²) in [7, 11) is 0. The summed E-state index contributed by atoms with van der Waals surface area (Å²) in [5.74, 6) is -1.16. The van der Waals surface area contributed by atoms with Gasteiger partial charge >= 0.3 is 17.9 Å². The van der Waals surface area contributed by atoms with Crippen LogP contribution in [0.2, 0.25) is 0 Å². The van der Waals surface area contributed by atoms with Crippen LogP contribution < -0.4 is 16.8 Å². The van der Waals surface area contributed by atoms with E-state index in [1.165, 1.54) is 6.08 Å². The SMILES string of the molecule is C[C@]12CC[C@H](OC(=O)CCCCCCCCCCCC(=O)N[C@@H](CCCN=C(N)N)C(=O)O)C[C@H]1CC[C@@H]1[C@@H]2CC[C@]2(C)[C@@H](C3=CC(=O)OC3)[C@@H](O)C[C@]12O. The monoisotopic (exact) mass is 772 g/mol. The molecule has 0 unspecified atom stereocenters. The Hall–Kier alpha value is -3.19. The number of carbonyl (C=O) groups is 4. The standard InChI is InChI=1S/C42H68N4O9/c1-40-20-18-29(24-28(40)16-17-31-30(40)19-21-41(2)37(27-23-36(50)54-26-27)33(47)25-42(31,41)53)55-35(49)15-11-9-7-5-3-4-6-8-10-14-34(48)46-32(38(51)52)13-12-22-45-39(43)44/h23,28-33,37,47,53H,3-22,24-26H2,1-2H3,(H,46,48)(H,51,52)(H4,43,44,45)/t28-,29+,30+,31-,32+,33+,37+,40+,41-,42+/m1/s1. The van der Waals surface area contributed by atoms with Gasteiger partial charge in [0.2, 0.25) is 5.91 Å². The number of aliphatic imine (C=N–C) groups is 1. The molecule has 4 saturated carbocycles. The predicted molar refractivity (Wildman–Crippen MR) is 207 cm³/mol. The van der Waals surface area contributed by atoms with Crippen molar-refractivity contribution in [3.8, 4) is 0 Å². The molecule has 10 atom stereocenters. The molecule has 4 aliphatic carbocycles. The van der Waals surface area contributed by atoms with Gasteiger partial charge in [-0.25, -0.2) is 9.59 Å². The van der Waals surface area contributed by atoms with Gasteiger partial charge in [-0.15, -0.1) is 0 Å². The van der Waals surface area contributed by atoms with Gasteiger partial charge in [-0.1, -0.05) is 58.8 Å². The minimum Gasteiger partial charge on any atom is -0.480 e. The minimum atomic E-state index is -1.06. The van der Waals surface area contributed by atoms with Gasteiger partial charge < -0.3 is 41.6 Å². The molecule has 5 aliphatic rings. The Morgan fingerprint density at radius 1 is 0.945 bits per heavy atom. The number of ether oxygens (including phenoxy) is 2. The number of carboxylic acids is 1. The lowest BCUT2D eigenvalue weighted by molar-refractivity contribution is -0.210. The number of hydrogen-bond acceptors (Lipinski definition) is 9. The van der Waals surface area contributed by atoms with Gasteiger partial charge in [0.1, 0.15) is 18.8 Å². The van der Waals surface area contributed by atoms with Crippen molar-refractivity contribution in [3.63, 3.8) is 0 Å². The zero-order valence-corrected chi connectivity index (χ0v) is 33.3. The second kappa shape index (κ2) is 18.8.